The smallest absolute Gasteiger partial charge is 0.306 e. The van der Waals surface area contributed by atoms with Crippen molar-refractivity contribution >= 4 is 11.8 Å². The highest BCUT2D eigenvalue weighted by Crippen LogP contribution is 2.40. The van der Waals surface area contributed by atoms with Gasteiger partial charge in [0.15, 0.2) is 17.3 Å². The molecule has 0 bridgehead atoms. The first-order valence-corrected chi connectivity index (χ1v) is 16.4. The number of aliphatic hydroxyl groups is 3. The maximum absolute atomic E-state index is 13.0. The normalized spacial score (nSPS) is 23.5. The Morgan fingerprint density at radius 3 is 2.41 bits per heavy atom. The van der Waals surface area contributed by atoms with Gasteiger partial charge in [0.25, 0.3) is 0 Å². The van der Waals surface area contributed by atoms with Gasteiger partial charge in [0.2, 0.25) is 6.29 Å². The van der Waals surface area contributed by atoms with Crippen molar-refractivity contribution in [3.8, 4) is 23.0 Å². The molecule has 0 radical (unpaired) electrons. The van der Waals surface area contributed by atoms with Gasteiger partial charge in [0.05, 0.1) is 26.2 Å². The standard InChI is InChI=1S/C38H48O11/c1-22(2)8-7-9-23(3)10-11-24(4)12-17-34(40)46-21-33-35(41)36(42)37(43)38(49-33)47-26-14-15-27-28(39)20-30(48-31(27)19-26)25-13-16-29(44-5)32(18-25)45-6/h8,11,13-16,18-19,30,33,35-38,41-43H,3,7,9-10,12,17,20-21H2,1-2,4-6H3/b24-11+. The molecule has 6 atom stereocenters. The second-order valence-electron chi connectivity index (χ2n) is 12.6. The van der Waals surface area contributed by atoms with Crippen molar-refractivity contribution in [2.24, 2.45) is 0 Å². The van der Waals surface area contributed by atoms with E-state index in [-0.39, 0.29) is 36.7 Å². The van der Waals surface area contributed by atoms with E-state index in [0.717, 1.165) is 30.4 Å². The molecule has 266 valence electrons. The van der Waals surface area contributed by atoms with Crippen LogP contribution in [-0.2, 0) is 14.3 Å². The number of fused-ring (bicyclic) bond motifs is 1. The fraction of sp³-hybridized carbons (Fsp3) is 0.474. The molecule has 1 saturated heterocycles. The van der Waals surface area contributed by atoms with Crippen LogP contribution in [-0.4, -0.2) is 78.6 Å². The lowest BCUT2D eigenvalue weighted by Gasteiger charge is -2.40. The zero-order chi connectivity index (χ0) is 35.7. The Morgan fingerprint density at radius 1 is 0.939 bits per heavy atom. The van der Waals surface area contributed by atoms with Crippen LogP contribution in [0, 0.1) is 0 Å². The Hall–Kier alpha value is -4.16. The van der Waals surface area contributed by atoms with Gasteiger partial charge < -0.3 is 43.7 Å². The first-order chi connectivity index (χ1) is 23.4. The molecule has 4 rings (SSSR count). The van der Waals surface area contributed by atoms with Crippen molar-refractivity contribution in [2.45, 2.75) is 96.1 Å². The number of esters is 1. The van der Waals surface area contributed by atoms with E-state index in [4.69, 9.17) is 28.4 Å². The minimum absolute atomic E-state index is 0.111. The first-order valence-electron chi connectivity index (χ1n) is 16.4. The number of aliphatic hydroxyl groups excluding tert-OH is 3. The van der Waals surface area contributed by atoms with Crippen LogP contribution in [0.3, 0.4) is 0 Å². The minimum atomic E-state index is -1.64. The van der Waals surface area contributed by atoms with Crippen LogP contribution in [0.1, 0.15) is 81.3 Å². The van der Waals surface area contributed by atoms with Gasteiger partial charge in [0, 0.05) is 12.5 Å². The highest BCUT2D eigenvalue weighted by molar-refractivity contribution is 6.00. The van der Waals surface area contributed by atoms with Crippen LogP contribution in [0.2, 0.25) is 0 Å². The lowest BCUT2D eigenvalue weighted by molar-refractivity contribution is -0.278. The zero-order valence-electron chi connectivity index (χ0n) is 28.8. The Labute approximate surface area is 287 Å². The van der Waals surface area contributed by atoms with Crippen molar-refractivity contribution in [1.82, 2.24) is 0 Å². The monoisotopic (exact) mass is 680 g/mol. The second-order valence-corrected chi connectivity index (χ2v) is 12.6. The number of hydrogen-bond acceptors (Lipinski definition) is 11. The average Bonchev–Trinajstić information content (AvgIpc) is 3.08. The molecule has 11 heteroatoms. The van der Waals surface area contributed by atoms with Crippen LogP contribution in [0.15, 0.2) is 71.8 Å². The topological polar surface area (TPSA) is 150 Å². The van der Waals surface area contributed by atoms with Gasteiger partial charge >= 0.3 is 5.97 Å². The third-order valence-corrected chi connectivity index (χ3v) is 8.52. The van der Waals surface area contributed by atoms with Crippen LogP contribution in [0.25, 0.3) is 0 Å². The predicted octanol–water partition coefficient (Wildman–Crippen LogP) is 5.56. The first kappa shape index (κ1) is 37.7. The summed E-state index contributed by atoms with van der Waals surface area (Å²) in [6.07, 6.45) is -0.396. The molecule has 11 nitrogen and oxygen atoms in total. The summed E-state index contributed by atoms with van der Waals surface area (Å²) in [6.45, 7) is 9.84. The number of hydrogen-bond donors (Lipinski definition) is 3. The van der Waals surface area contributed by atoms with Gasteiger partial charge in [-0.05, 0) is 76.3 Å². The van der Waals surface area contributed by atoms with Crippen LogP contribution < -0.4 is 18.9 Å². The molecule has 6 unspecified atom stereocenters. The third kappa shape index (κ3) is 10.2. The maximum Gasteiger partial charge on any atom is 0.306 e. The molecule has 2 aliphatic heterocycles. The molecule has 3 N–H and O–H groups in total. The molecular formula is C38H48O11. The van der Waals surface area contributed by atoms with Crippen molar-refractivity contribution in [2.75, 3.05) is 20.8 Å². The third-order valence-electron chi connectivity index (χ3n) is 8.52. The van der Waals surface area contributed by atoms with Gasteiger partial charge in [0.1, 0.15) is 48.6 Å². The molecule has 2 aromatic rings. The second kappa shape index (κ2) is 17.5. The highest BCUT2D eigenvalue weighted by atomic mass is 16.7. The van der Waals surface area contributed by atoms with Crippen molar-refractivity contribution in [3.63, 3.8) is 0 Å². The summed E-state index contributed by atoms with van der Waals surface area (Å²) in [4.78, 5) is 25.5. The Balaban J connectivity index is 1.33. The molecule has 0 aliphatic carbocycles. The van der Waals surface area contributed by atoms with E-state index in [1.807, 2.05) is 6.92 Å². The van der Waals surface area contributed by atoms with Gasteiger partial charge in [-0.2, -0.15) is 0 Å². The molecule has 0 spiro atoms. The highest BCUT2D eigenvalue weighted by Gasteiger charge is 2.45. The number of methoxy groups -OCH3 is 2. The largest absolute Gasteiger partial charge is 0.493 e. The van der Waals surface area contributed by atoms with Gasteiger partial charge in [-0.3, -0.25) is 9.59 Å². The SMILES string of the molecule is C=C(C/C=C(\C)CCC(=O)OCC1OC(Oc2ccc3c(c2)OC(c2ccc(OC)c(OC)c2)CC3=O)C(O)C(O)C1O)CCC=C(C)C. The van der Waals surface area contributed by atoms with Crippen molar-refractivity contribution in [1.29, 1.82) is 0 Å². The summed E-state index contributed by atoms with van der Waals surface area (Å²) in [7, 11) is 3.06. The van der Waals surface area contributed by atoms with E-state index in [1.54, 1.807) is 24.3 Å². The molecule has 0 aromatic heterocycles. The molecule has 2 heterocycles. The molecule has 0 saturated carbocycles. The van der Waals surface area contributed by atoms with Crippen LogP contribution in [0.5, 0.6) is 23.0 Å². The zero-order valence-corrected chi connectivity index (χ0v) is 28.8. The number of Topliss-reactive ketones (excluding diaryl/α,β-unsaturated/α-hetero) is 1. The van der Waals surface area contributed by atoms with E-state index in [0.29, 0.717) is 29.0 Å². The summed E-state index contributed by atoms with van der Waals surface area (Å²) >= 11 is 0. The fourth-order valence-corrected chi connectivity index (χ4v) is 5.54. The summed E-state index contributed by atoms with van der Waals surface area (Å²) in [5, 5.41) is 31.8. The number of rotatable bonds is 15. The summed E-state index contributed by atoms with van der Waals surface area (Å²) < 4.78 is 33.8. The van der Waals surface area contributed by atoms with E-state index < -0.39 is 42.8 Å². The van der Waals surface area contributed by atoms with E-state index >= 15 is 0 Å². The number of ether oxygens (including phenoxy) is 6. The molecule has 0 amide bonds. The van der Waals surface area contributed by atoms with Crippen molar-refractivity contribution in [3.05, 3.63) is 83.0 Å². The fourth-order valence-electron chi connectivity index (χ4n) is 5.54. The van der Waals surface area contributed by atoms with Gasteiger partial charge in [-0.1, -0.05) is 41.5 Å². The average molecular weight is 681 g/mol. The number of ketones is 1. The summed E-state index contributed by atoms with van der Waals surface area (Å²) in [5.74, 6) is 0.866. The van der Waals surface area contributed by atoms with Gasteiger partial charge in [-0.15, -0.1) is 0 Å². The number of benzene rings is 2. The molecule has 49 heavy (non-hydrogen) atoms. The Kier molecular flexibility index (Phi) is 13.4. The predicted molar refractivity (Wildman–Crippen MR) is 182 cm³/mol. The Morgan fingerprint density at radius 2 is 1.69 bits per heavy atom. The Bertz CT molecular complexity index is 1540. The van der Waals surface area contributed by atoms with E-state index in [9.17, 15) is 24.9 Å². The molecular weight excluding hydrogens is 632 g/mol. The summed E-state index contributed by atoms with van der Waals surface area (Å²) in [6, 6.07) is 9.84. The minimum Gasteiger partial charge on any atom is -0.493 e. The molecule has 1 fully saturated rings. The summed E-state index contributed by atoms with van der Waals surface area (Å²) in [5.41, 5.74) is 4.51. The maximum atomic E-state index is 13.0. The van der Waals surface area contributed by atoms with Gasteiger partial charge in [-0.25, -0.2) is 0 Å². The van der Waals surface area contributed by atoms with Crippen LogP contribution in [0.4, 0.5) is 0 Å². The lowest BCUT2D eigenvalue weighted by atomic mass is 9.96. The number of carbonyl (C=O) groups is 2. The molecule has 2 aromatic carbocycles. The van der Waals surface area contributed by atoms with E-state index in [2.05, 4.69) is 32.6 Å². The van der Waals surface area contributed by atoms with E-state index in [1.165, 1.54) is 31.9 Å². The quantitative estimate of drug-likeness (QED) is 0.160. The number of carbonyl (C=O) groups excluding carboxylic acids is 2. The molecule has 2 aliphatic rings. The number of allylic oxidation sites excluding steroid dienone is 5. The van der Waals surface area contributed by atoms with Crippen LogP contribution >= 0.6 is 0 Å². The lowest BCUT2D eigenvalue weighted by Crippen LogP contribution is -2.60. The van der Waals surface area contributed by atoms with Crippen molar-refractivity contribution < 1.29 is 53.3 Å².